The van der Waals surface area contributed by atoms with E-state index in [-0.39, 0.29) is 18.1 Å². The third-order valence-electron chi connectivity index (χ3n) is 1.84. The van der Waals surface area contributed by atoms with E-state index in [4.69, 9.17) is 4.74 Å². The number of ether oxygens (including phenoxy) is 1. The van der Waals surface area contributed by atoms with Gasteiger partial charge in [0, 0.05) is 6.42 Å². The summed E-state index contributed by atoms with van der Waals surface area (Å²) >= 11 is 0. The Balaban J connectivity index is 2.47. The molecule has 0 spiro atoms. The molecule has 0 saturated heterocycles. The molecule has 0 heterocycles. The molecule has 0 bridgehead atoms. The fraction of sp³-hybridized carbons (Fsp3) is 0.364. The molecule has 0 aliphatic rings. The van der Waals surface area contributed by atoms with Crippen molar-refractivity contribution in [1.29, 1.82) is 0 Å². The van der Waals surface area contributed by atoms with Crippen molar-refractivity contribution in [3.05, 3.63) is 29.8 Å². The maximum Gasteiger partial charge on any atom is 0.190 e. The number of carbonyl (C=O) groups is 1. The third kappa shape index (κ3) is 3.65. The van der Waals surface area contributed by atoms with Crippen molar-refractivity contribution in [3.63, 3.8) is 0 Å². The van der Waals surface area contributed by atoms with Gasteiger partial charge in [-0.15, -0.1) is 0 Å². The highest BCUT2D eigenvalue weighted by Crippen LogP contribution is 2.20. The van der Waals surface area contributed by atoms with Crippen molar-refractivity contribution in [1.82, 2.24) is 0 Å². The molecule has 0 aliphatic heterocycles. The van der Waals surface area contributed by atoms with Crippen LogP contribution in [0.3, 0.4) is 0 Å². The van der Waals surface area contributed by atoms with Gasteiger partial charge in [0.2, 0.25) is 0 Å². The number of halogens is 2. The van der Waals surface area contributed by atoms with Gasteiger partial charge < -0.3 is 9.53 Å². The van der Waals surface area contributed by atoms with Crippen molar-refractivity contribution in [2.24, 2.45) is 0 Å². The zero-order valence-corrected chi connectivity index (χ0v) is 8.43. The molecular formula is C11H12F2O2. The number of hydrogen-bond donors (Lipinski definition) is 0. The highest BCUT2D eigenvalue weighted by atomic mass is 19.1. The first-order valence-electron chi connectivity index (χ1n) is 4.67. The number of carbonyl (C=O) groups excluding carboxylic acids is 1. The molecule has 0 atom stereocenters. The van der Waals surface area contributed by atoms with Crippen LogP contribution in [0.25, 0.3) is 0 Å². The fourth-order valence-electron chi connectivity index (χ4n) is 1.12. The van der Waals surface area contributed by atoms with Crippen LogP contribution in [0.15, 0.2) is 18.2 Å². The second kappa shape index (κ2) is 5.44. The maximum absolute atomic E-state index is 13.0. The molecule has 0 aliphatic carbocycles. The maximum atomic E-state index is 13.0. The van der Waals surface area contributed by atoms with E-state index in [2.05, 4.69) is 0 Å². The molecule has 0 unspecified atom stereocenters. The molecule has 0 amide bonds. The van der Waals surface area contributed by atoms with Crippen LogP contribution in [0.1, 0.15) is 19.8 Å². The third-order valence-corrected chi connectivity index (χ3v) is 1.84. The lowest BCUT2D eigenvalue weighted by Gasteiger charge is -2.06. The Bertz CT molecular complexity index is 330. The van der Waals surface area contributed by atoms with E-state index >= 15 is 0 Å². The number of rotatable bonds is 5. The van der Waals surface area contributed by atoms with E-state index in [0.717, 1.165) is 12.1 Å². The molecule has 82 valence electrons. The van der Waals surface area contributed by atoms with E-state index in [1.54, 1.807) is 0 Å². The van der Waals surface area contributed by atoms with Gasteiger partial charge in [-0.2, -0.15) is 0 Å². The van der Waals surface area contributed by atoms with Crippen LogP contribution in [0, 0.1) is 11.6 Å². The molecule has 0 radical (unpaired) electrons. The molecule has 1 rings (SSSR count). The molecule has 0 fully saturated rings. The molecule has 15 heavy (non-hydrogen) atoms. The fourth-order valence-corrected chi connectivity index (χ4v) is 1.12. The summed E-state index contributed by atoms with van der Waals surface area (Å²) < 4.78 is 30.9. The highest BCUT2D eigenvalue weighted by Gasteiger charge is 2.08. The molecule has 0 N–H and O–H groups in total. The van der Waals surface area contributed by atoms with Crippen LogP contribution >= 0.6 is 0 Å². The molecule has 2 nitrogen and oxygen atoms in total. The van der Waals surface area contributed by atoms with Crippen LogP contribution in [-0.2, 0) is 4.79 Å². The Labute approximate surface area is 86.9 Å². The number of Topliss-reactive ketones (excluding diaryl/α,β-unsaturated/α-hetero) is 1. The van der Waals surface area contributed by atoms with E-state index in [1.807, 2.05) is 0 Å². The lowest BCUT2D eigenvalue weighted by Crippen LogP contribution is -2.03. The number of ketones is 1. The summed E-state index contributed by atoms with van der Waals surface area (Å²) in [6, 6.07) is 3.53. The van der Waals surface area contributed by atoms with Crippen LogP contribution < -0.4 is 4.74 Å². The van der Waals surface area contributed by atoms with Crippen LogP contribution in [0.5, 0.6) is 5.75 Å². The Hall–Kier alpha value is -1.45. The van der Waals surface area contributed by atoms with Gasteiger partial charge >= 0.3 is 0 Å². The van der Waals surface area contributed by atoms with E-state index in [9.17, 15) is 13.6 Å². The van der Waals surface area contributed by atoms with Crippen molar-refractivity contribution in [2.75, 3.05) is 6.61 Å². The second-order valence-electron chi connectivity index (χ2n) is 3.20. The minimum Gasteiger partial charge on any atom is -0.488 e. The Morgan fingerprint density at radius 1 is 1.33 bits per heavy atom. The zero-order chi connectivity index (χ0) is 11.3. The molecule has 1 aromatic carbocycles. The Kier molecular flexibility index (Phi) is 4.21. The molecule has 0 saturated carbocycles. The summed E-state index contributed by atoms with van der Waals surface area (Å²) in [5, 5.41) is 0. The molecule has 0 aromatic heterocycles. The predicted molar refractivity (Wildman–Crippen MR) is 51.8 cm³/mol. The first kappa shape index (κ1) is 11.6. The largest absolute Gasteiger partial charge is 0.488 e. The predicted octanol–water partition coefficient (Wildman–Crippen LogP) is 2.71. The molecular weight excluding hydrogens is 202 g/mol. The van der Waals surface area contributed by atoms with Crippen molar-refractivity contribution in [2.45, 2.75) is 19.8 Å². The summed E-state index contributed by atoms with van der Waals surface area (Å²) in [6.45, 7) is 1.60. The monoisotopic (exact) mass is 214 g/mol. The van der Waals surface area contributed by atoms with E-state index in [1.165, 1.54) is 13.0 Å². The van der Waals surface area contributed by atoms with Gasteiger partial charge in [0.1, 0.15) is 5.78 Å². The average molecular weight is 214 g/mol. The van der Waals surface area contributed by atoms with Gasteiger partial charge in [0.05, 0.1) is 6.61 Å². The van der Waals surface area contributed by atoms with Crippen LogP contribution in [0.2, 0.25) is 0 Å². The van der Waals surface area contributed by atoms with E-state index in [0.29, 0.717) is 12.8 Å². The van der Waals surface area contributed by atoms with Crippen molar-refractivity contribution >= 4 is 5.78 Å². The van der Waals surface area contributed by atoms with Crippen molar-refractivity contribution < 1.29 is 18.3 Å². The van der Waals surface area contributed by atoms with Gasteiger partial charge in [-0.3, -0.25) is 0 Å². The van der Waals surface area contributed by atoms with Gasteiger partial charge in [0.25, 0.3) is 0 Å². The molecule has 1 aromatic rings. The minimum atomic E-state index is -0.724. The van der Waals surface area contributed by atoms with Gasteiger partial charge in [0.15, 0.2) is 17.4 Å². The SMILES string of the molecule is CC(=O)CCCOc1c(F)cccc1F. The lowest BCUT2D eigenvalue weighted by atomic mass is 10.2. The smallest absolute Gasteiger partial charge is 0.190 e. The van der Waals surface area contributed by atoms with E-state index < -0.39 is 11.6 Å². The first-order chi connectivity index (χ1) is 7.11. The summed E-state index contributed by atoms with van der Waals surface area (Å²) in [5.41, 5.74) is 0. The van der Waals surface area contributed by atoms with Gasteiger partial charge in [-0.05, 0) is 25.5 Å². The summed E-state index contributed by atoms with van der Waals surface area (Å²) in [6.07, 6.45) is 0.819. The van der Waals surface area contributed by atoms with Crippen LogP contribution in [-0.4, -0.2) is 12.4 Å². The first-order valence-corrected chi connectivity index (χ1v) is 4.67. The van der Waals surface area contributed by atoms with Crippen LogP contribution in [0.4, 0.5) is 8.78 Å². The number of para-hydroxylation sites is 1. The normalized spacial score (nSPS) is 10.1. The molecule has 4 heteroatoms. The van der Waals surface area contributed by atoms with Crippen molar-refractivity contribution in [3.8, 4) is 5.75 Å². The van der Waals surface area contributed by atoms with Gasteiger partial charge in [-0.1, -0.05) is 6.07 Å². The second-order valence-corrected chi connectivity index (χ2v) is 3.20. The Morgan fingerprint density at radius 3 is 2.47 bits per heavy atom. The zero-order valence-electron chi connectivity index (χ0n) is 8.43. The highest BCUT2D eigenvalue weighted by molar-refractivity contribution is 5.75. The average Bonchev–Trinajstić information content (AvgIpc) is 2.15. The summed E-state index contributed by atoms with van der Waals surface area (Å²) in [5.74, 6) is -1.79. The number of hydrogen-bond acceptors (Lipinski definition) is 2. The lowest BCUT2D eigenvalue weighted by molar-refractivity contribution is -0.117. The standard InChI is InChI=1S/C11H12F2O2/c1-8(14)4-3-7-15-11-9(12)5-2-6-10(11)13/h2,5-6H,3-4,7H2,1H3. The number of benzene rings is 1. The van der Waals surface area contributed by atoms with Gasteiger partial charge in [-0.25, -0.2) is 8.78 Å². The topological polar surface area (TPSA) is 26.3 Å². The summed E-state index contributed by atoms with van der Waals surface area (Å²) in [7, 11) is 0. The Morgan fingerprint density at radius 2 is 1.93 bits per heavy atom. The quantitative estimate of drug-likeness (QED) is 0.704. The minimum absolute atomic E-state index is 0.0348. The summed E-state index contributed by atoms with van der Waals surface area (Å²) in [4.78, 5) is 10.6.